The van der Waals surface area contributed by atoms with Gasteiger partial charge in [-0.15, -0.1) is 0 Å². The van der Waals surface area contributed by atoms with E-state index in [9.17, 15) is 14.3 Å². The lowest BCUT2D eigenvalue weighted by Crippen LogP contribution is -2.18. The molecule has 0 saturated heterocycles. The summed E-state index contributed by atoms with van der Waals surface area (Å²) in [6.45, 7) is 7.15. The number of hydrogen-bond donors (Lipinski definition) is 2. The molecular weight excluding hydrogens is 537 g/mol. The Morgan fingerprint density at radius 1 is 0.878 bits per heavy atom. The predicted molar refractivity (Wildman–Crippen MR) is 169 cm³/mol. The molecule has 0 heterocycles. The first-order valence-corrected chi connectivity index (χ1v) is 17.9. The smallest absolute Gasteiger partial charge is 0.472 e. The molecule has 3 N–H and O–H groups in total. The molecule has 1 aromatic rings. The zero-order valence-corrected chi connectivity index (χ0v) is 27.2. The van der Waals surface area contributed by atoms with Crippen LogP contribution in [0.25, 0.3) is 0 Å². The standard InChI is InChI=1S/C33H60NO6P/c1-4-6-7-8-9-10-11-12-13-14-15-16-25-38-33-22-20-30(21-23-33)26-31(27-32(35)18-5-2)28-39-41(36,37)40-29(3)19-17-24-34/h20-23,29,31H,4-19,24-28,34H2,1-3H3,(H,36,37). The molecule has 3 atom stereocenters. The lowest BCUT2D eigenvalue weighted by Gasteiger charge is -2.21. The average Bonchev–Trinajstić information content (AvgIpc) is 2.94. The predicted octanol–water partition coefficient (Wildman–Crippen LogP) is 8.95. The highest BCUT2D eigenvalue weighted by Gasteiger charge is 2.27. The monoisotopic (exact) mass is 597 g/mol. The zero-order chi connectivity index (χ0) is 30.2. The van der Waals surface area contributed by atoms with Gasteiger partial charge in [0.25, 0.3) is 0 Å². The minimum absolute atomic E-state index is 0.0238. The Balaban J connectivity index is 2.38. The van der Waals surface area contributed by atoms with Gasteiger partial charge in [0, 0.05) is 12.8 Å². The fraction of sp³-hybridized carbons (Fsp3) is 0.788. The second-order valence-electron chi connectivity index (χ2n) is 11.6. The Kier molecular flexibility index (Phi) is 22.3. The van der Waals surface area contributed by atoms with Crippen molar-refractivity contribution < 1.29 is 28.0 Å². The molecule has 0 amide bonds. The van der Waals surface area contributed by atoms with E-state index in [1.807, 2.05) is 31.2 Å². The maximum Gasteiger partial charge on any atom is 0.472 e. The van der Waals surface area contributed by atoms with Crippen LogP contribution in [0.2, 0.25) is 0 Å². The second kappa shape index (κ2) is 24.2. The van der Waals surface area contributed by atoms with Gasteiger partial charge in [-0.3, -0.25) is 13.8 Å². The number of phosphoric ester groups is 1. The van der Waals surface area contributed by atoms with E-state index < -0.39 is 13.9 Å². The average molecular weight is 598 g/mol. The molecule has 0 aliphatic carbocycles. The van der Waals surface area contributed by atoms with Crippen LogP contribution in [0, 0.1) is 5.92 Å². The number of carbonyl (C=O) groups is 1. The number of benzene rings is 1. The van der Waals surface area contributed by atoms with E-state index in [2.05, 4.69) is 6.92 Å². The van der Waals surface area contributed by atoms with Gasteiger partial charge >= 0.3 is 7.82 Å². The van der Waals surface area contributed by atoms with Crippen LogP contribution >= 0.6 is 7.82 Å². The molecule has 8 heteroatoms. The minimum Gasteiger partial charge on any atom is -0.494 e. The summed E-state index contributed by atoms with van der Waals surface area (Å²) in [5.74, 6) is 0.755. The molecule has 3 unspecified atom stereocenters. The molecule has 0 saturated carbocycles. The van der Waals surface area contributed by atoms with E-state index in [1.54, 1.807) is 6.92 Å². The molecule has 7 nitrogen and oxygen atoms in total. The number of hydrogen-bond acceptors (Lipinski definition) is 6. The summed E-state index contributed by atoms with van der Waals surface area (Å²) in [6, 6.07) is 7.92. The first-order valence-electron chi connectivity index (χ1n) is 16.4. The van der Waals surface area contributed by atoms with E-state index in [0.29, 0.717) is 45.3 Å². The van der Waals surface area contributed by atoms with Gasteiger partial charge in [-0.05, 0) is 69.2 Å². The van der Waals surface area contributed by atoms with E-state index >= 15 is 0 Å². The van der Waals surface area contributed by atoms with E-state index in [-0.39, 0.29) is 18.3 Å². The molecule has 0 bridgehead atoms. The van der Waals surface area contributed by atoms with Crippen molar-refractivity contribution in [3.63, 3.8) is 0 Å². The molecule has 1 aromatic carbocycles. The van der Waals surface area contributed by atoms with Crippen molar-refractivity contribution in [2.45, 2.75) is 142 Å². The van der Waals surface area contributed by atoms with Crippen LogP contribution in [0.3, 0.4) is 0 Å². The first-order chi connectivity index (χ1) is 19.8. The summed E-state index contributed by atoms with van der Waals surface area (Å²) in [5, 5.41) is 0. The van der Waals surface area contributed by atoms with Crippen molar-refractivity contribution in [2.75, 3.05) is 19.8 Å². The summed E-state index contributed by atoms with van der Waals surface area (Å²) in [6.07, 6.45) is 18.8. The van der Waals surface area contributed by atoms with Crippen molar-refractivity contribution in [1.29, 1.82) is 0 Å². The van der Waals surface area contributed by atoms with Crippen molar-refractivity contribution in [2.24, 2.45) is 11.7 Å². The van der Waals surface area contributed by atoms with Crippen LogP contribution in [0.4, 0.5) is 0 Å². The van der Waals surface area contributed by atoms with Crippen LogP contribution in [0.15, 0.2) is 24.3 Å². The fourth-order valence-corrected chi connectivity index (χ4v) is 6.02. The van der Waals surface area contributed by atoms with Gasteiger partial charge in [0.05, 0.1) is 19.3 Å². The third kappa shape index (κ3) is 21.2. The number of ketones is 1. The maximum absolute atomic E-state index is 12.4. The molecule has 0 spiro atoms. The number of Topliss-reactive ketones (excluding diaryl/α,β-unsaturated/α-hetero) is 1. The van der Waals surface area contributed by atoms with Crippen molar-refractivity contribution in [3.05, 3.63) is 29.8 Å². The molecular formula is C33H60NO6P. The van der Waals surface area contributed by atoms with E-state index in [4.69, 9.17) is 19.5 Å². The molecule has 0 radical (unpaired) electrons. The third-order valence-electron chi connectivity index (χ3n) is 7.36. The number of unbranched alkanes of at least 4 members (excludes halogenated alkanes) is 11. The summed E-state index contributed by atoms with van der Waals surface area (Å²) >= 11 is 0. The Hall–Kier alpha value is -1.24. The molecule has 0 fully saturated rings. The SMILES string of the molecule is CCCCCCCCCCCCCCOc1ccc(CC(COP(=O)(O)OC(C)CCCN)CC(=O)CCC)cc1. The highest BCUT2D eigenvalue weighted by atomic mass is 31.2. The van der Waals surface area contributed by atoms with E-state index in [1.165, 1.54) is 70.6 Å². The Bertz CT molecular complexity index is 818. The molecule has 0 aliphatic heterocycles. The van der Waals surface area contributed by atoms with Gasteiger partial charge in [-0.1, -0.05) is 96.6 Å². The van der Waals surface area contributed by atoms with Crippen LogP contribution in [0.5, 0.6) is 5.75 Å². The number of phosphoric acid groups is 1. The molecule has 41 heavy (non-hydrogen) atoms. The van der Waals surface area contributed by atoms with Crippen LogP contribution < -0.4 is 10.5 Å². The largest absolute Gasteiger partial charge is 0.494 e. The van der Waals surface area contributed by atoms with Gasteiger partial charge in [0.2, 0.25) is 0 Å². The number of nitrogens with two attached hydrogens (primary N) is 1. The molecule has 238 valence electrons. The van der Waals surface area contributed by atoms with Gasteiger partial charge in [0.15, 0.2) is 0 Å². The normalized spacial score (nSPS) is 14.5. The van der Waals surface area contributed by atoms with Crippen molar-refractivity contribution >= 4 is 13.6 Å². The van der Waals surface area contributed by atoms with Crippen molar-refractivity contribution in [3.8, 4) is 5.75 Å². The zero-order valence-electron chi connectivity index (χ0n) is 26.3. The summed E-state index contributed by atoms with van der Waals surface area (Å²) in [4.78, 5) is 22.5. The molecule has 0 aliphatic rings. The van der Waals surface area contributed by atoms with Gasteiger partial charge < -0.3 is 15.4 Å². The summed E-state index contributed by atoms with van der Waals surface area (Å²) in [5.41, 5.74) is 6.54. The third-order valence-corrected chi connectivity index (χ3v) is 8.46. The topological polar surface area (TPSA) is 108 Å². The Morgan fingerprint density at radius 2 is 1.46 bits per heavy atom. The van der Waals surface area contributed by atoms with Crippen LogP contribution in [0.1, 0.15) is 135 Å². The first kappa shape index (κ1) is 37.8. The number of carbonyl (C=O) groups excluding carboxylic acids is 1. The number of rotatable bonds is 28. The van der Waals surface area contributed by atoms with Gasteiger partial charge in [-0.2, -0.15) is 0 Å². The highest BCUT2D eigenvalue weighted by Crippen LogP contribution is 2.45. The quantitative estimate of drug-likeness (QED) is 0.0733. The van der Waals surface area contributed by atoms with E-state index in [0.717, 1.165) is 24.2 Å². The van der Waals surface area contributed by atoms with Crippen molar-refractivity contribution in [1.82, 2.24) is 0 Å². The summed E-state index contributed by atoms with van der Waals surface area (Å²) < 4.78 is 29.0. The minimum atomic E-state index is -4.22. The Morgan fingerprint density at radius 3 is 2.02 bits per heavy atom. The van der Waals surface area contributed by atoms with Gasteiger partial charge in [0.1, 0.15) is 11.5 Å². The Labute approximate surface area is 250 Å². The molecule has 1 rings (SSSR count). The highest BCUT2D eigenvalue weighted by molar-refractivity contribution is 7.47. The molecule has 0 aromatic heterocycles. The van der Waals surface area contributed by atoms with Crippen LogP contribution in [-0.4, -0.2) is 36.5 Å². The fourth-order valence-electron chi connectivity index (χ4n) is 5.00. The second-order valence-corrected chi connectivity index (χ2v) is 13.0. The maximum atomic E-state index is 12.4. The summed E-state index contributed by atoms with van der Waals surface area (Å²) in [7, 11) is -4.22. The van der Waals surface area contributed by atoms with Gasteiger partial charge in [-0.25, -0.2) is 4.57 Å². The van der Waals surface area contributed by atoms with Crippen LogP contribution in [-0.2, 0) is 24.8 Å². The lowest BCUT2D eigenvalue weighted by atomic mass is 9.94. The lowest BCUT2D eigenvalue weighted by molar-refractivity contribution is -0.120. The number of ether oxygens (including phenoxy) is 1.